The molecule has 1 heterocycles. The second-order valence-electron chi connectivity index (χ2n) is 3.21. The molecule has 0 N–H and O–H groups in total. The molecule has 0 radical (unpaired) electrons. The maximum Gasteiger partial charge on any atom is 0.106 e. The molecule has 0 aliphatic rings. The van der Waals surface area contributed by atoms with Crippen LogP contribution in [-0.4, -0.2) is 4.98 Å². The topological polar surface area (TPSA) is 12.9 Å². The van der Waals surface area contributed by atoms with Gasteiger partial charge < -0.3 is 0 Å². The molecular weight excluding hydrogens is 269 g/mol. The van der Waals surface area contributed by atoms with Crippen molar-refractivity contribution in [2.24, 2.45) is 0 Å². The van der Waals surface area contributed by atoms with Crippen molar-refractivity contribution < 1.29 is 0 Å². The molecule has 0 aliphatic heterocycles. The van der Waals surface area contributed by atoms with E-state index in [0.29, 0.717) is 0 Å². The first kappa shape index (κ1) is 10.8. The summed E-state index contributed by atoms with van der Waals surface area (Å²) >= 11 is 3.33. The van der Waals surface area contributed by atoms with Gasteiger partial charge in [0.05, 0.1) is 0 Å². The van der Waals surface area contributed by atoms with Crippen molar-refractivity contribution in [3.8, 4) is 0 Å². The van der Waals surface area contributed by atoms with E-state index < -0.39 is 0 Å². The summed E-state index contributed by atoms with van der Waals surface area (Å²) in [6, 6.07) is 14.7. The summed E-state index contributed by atoms with van der Waals surface area (Å²) in [5.74, 6) is 0. The number of nitrogens with zero attached hydrogens (tertiary/aromatic N) is 1. The molecule has 15 heavy (non-hydrogen) atoms. The molecule has 1 nitrogen and oxygen atoms in total. The highest BCUT2D eigenvalue weighted by Gasteiger charge is 1.95. The van der Waals surface area contributed by atoms with E-state index in [-0.39, 0.29) is 0 Å². The van der Waals surface area contributed by atoms with E-state index in [2.05, 4.69) is 57.3 Å². The Bertz CT molecular complexity index is 413. The summed E-state index contributed by atoms with van der Waals surface area (Å²) in [5, 5.41) is 1.40. The Kier molecular flexibility index (Phi) is 3.87. The van der Waals surface area contributed by atoms with Gasteiger partial charge in [0.2, 0.25) is 0 Å². The van der Waals surface area contributed by atoms with E-state index in [1.807, 2.05) is 12.3 Å². The van der Waals surface area contributed by atoms with Gasteiger partial charge in [-0.05, 0) is 39.0 Å². The van der Waals surface area contributed by atoms with Crippen molar-refractivity contribution in [1.82, 2.24) is 4.98 Å². The van der Waals surface area contributed by atoms with Gasteiger partial charge in [-0.25, -0.2) is 4.98 Å². The average molecular weight is 280 g/mol. The molecule has 0 spiro atoms. The lowest BCUT2D eigenvalue weighted by Crippen LogP contribution is -1.92. The van der Waals surface area contributed by atoms with Gasteiger partial charge in [0.15, 0.2) is 0 Å². The molecule has 0 saturated heterocycles. The van der Waals surface area contributed by atoms with Crippen LogP contribution in [0.2, 0.25) is 0 Å². The molecule has 76 valence electrons. The van der Waals surface area contributed by atoms with Gasteiger partial charge >= 0.3 is 0 Å². The zero-order valence-corrected chi connectivity index (χ0v) is 10.7. The van der Waals surface area contributed by atoms with Crippen LogP contribution in [-0.2, 0) is 6.16 Å². The molecule has 1 atom stereocenters. The Hall–Kier alpha value is -0.720. The average Bonchev–Trinajstić information content (AvgIpc) is 2.30. The lowest BCUT2D eigenvalue weighted by atomic mass is 10.3. The highest BCUT2D eigenvalue weighted by molar-refractivity contribution is 9.10. The van der Waals surface area contributed by atoms with Crippen molar-refractivity contribution >= 4 is 29.8 Å². The van der Waals surface area contributed by atoms with Crippen molar-refractivity contribution in [2.75, 3.05) is 0 Å². The van der Waals surface area contributed by atoms with Crippen LogP contribution in [0.25, 0.3) is 0 Å². The fourth-order valence-corrected chi connectivity index (χ4v) is 2.55. The molecule has 0 saturated carbocycles. The largest absolute Gasteiger partial charge is 0.249 e. The maximum atomic E-state index is 4.21. The highest BCUT2D eigenvalue weighted by atomic mass is 79.9. The Balaban J connectivity index is 1.96. The number of pyridine rings is 1. The first-order valence-electron chi connectivity index (χ1n) is 4.74. The van der Waals surface area contributed by atoms with E-state index in [1.54, 1.807) is 0 Å². The van der Waals surface area contributed by atoms with Crippen LogP contribution in [0.15, 0.2) is 53.3 Å². The molecule has 0 amide bonds. The molecular formula is C12H11BrNP. The number of hydrogen-bond donors (Lipinski definition) is 0. The van der Waals surface area contributed by atoms with Crippen molar-refractivity contribution in [1.29, 1.82) is 0 Å². The zero-order chi connectivity index (χ0) is 10.5. The summed E-state index contributed by atoms with van der Waals surface area (Å²) in [5.41, 5.74) is 1.29. The summed E-state index contributed by atoms with van der Waals surface area (Å²) in [6.45, 7) is 0. The quantitative estimate of drug-likeness (QED) is 0.620. The Labute approximate surface area is 99.9 Å². The third-order valence-electron chi connectivity index (χ3n) is 2.06. The van der Waals surface area contributed by atoms with Gasteiger partial charge in [-0.2, -0.15) is 0 Å². The number of rotatable bonds is 3. The molecule has 1 unspecified atom stereocenters. The summed E-state index contributed by atoms with van der Waals surface area (Å²) < 4.78 is 0.897. The monoisotopic (exact) mass is 279 g/mol. The third-order valence-corrected chi connectivity index (χ3v) is 3.85. The normalized spacial score (nSPS) is 11.0. The summed E-state index contributed by atoms with van der Waals surface area (Å²) in [4.78, 5) is 4.21. The smallest absolute Gasteiger partial charge is 0.106 e. The minimum atomic E-state index is 0.823. The van der Waals surface area contributed by atoms with E-state index in [4.69, 9.17) is 0 Å². The van der Waals surface area contributed by atoms with Gasteiger partial charge in [0.25, 0.3) is 0 Å². The van der Waals surface area contributed by atoms with E-state index >= 15 is 0 Å². The highest BCUT2D eigenvalue weighted by Crippen LogP contribution is 2.18. The number of aromatic nitrogens is 1. The lowest BCUT2D eigenvalue weighted by molar-refractivity contribution is 1.21. The molecule has 1 aromatic carbocycles. The number of halogens is 1. The lowest BCUT2D eigenvalue weighted by Gasteiger charge is -2.01. The first-order chi connectivity index (χ1) is 7.34. The molecule has 0 aliphatic carbocycles. The minimum Gasteiger partial charge on any atom is -0.249 e. The SMILES string of the molecule is Brc1ccc(CPc2ccccc2)cn1. The maximum absolute atomic E-state index is 4.21. The summed E-state index contributed by atoms with van der Waals surface area (Å²) in [6.07, 6.45) is 3.00. The zero-order valence-electron chi connectivity index (χ0n) is 8.15. The minimum absolute atomic E-state index is 0.823. The standard InChI is InChI=1S/C12H11BrNP/c13-12-7-6-10(8-14-12)9-15-11-4-2-1-3-5-11/h1-8,15H,9H2. The predicted molar refractivity (Wildman–Crippen MR) is 70.0 cm³/mol. The Morgan fingerprint density at radius 3 is 2.53 bits per heavy atom. The number of benzene rings is 1. The van der Waals surface area contributed by atoms with Crippen LogP contribution in [0.4, 0.5) is 0 Å². The molecule has 0 fully saturated rings. The molecule has 3 heteroatoms. The van der Waals surface area contributed by atoms with Gasteiger partial charge in [-0.3, -0.25) is 0 Å². The first-order valence-corrected chi connectivity index (χ1v) is 6.74. The van der Waals surface area contributed by atoms with Gasteiger partial charge in [0, 0.05) is 6.20 Å². The van der Waals surface area contributed by atoms with Crippen LogP contribution in [0.5, 0.6) is 0 Å². The second kappa shape index (κ2) is 5.39. The van der Waals surface area contributed by atoms with E-state index in [1.165, 1.54) is 10.9 Å². The van der Waals surface area contributed by atoms with Crippen LogP contribution in [0, 0.1) is 0 Å². The Morgan fingerprint density at radius 1 is 1.07 bits per heavy atom. The molecule has 1 aromatic heterocycles. The van der Waals surface area contributed by atoms with E-state index in [0.717, 1.165) is 19.3 Å². The van der Waals surface area contributed by atoms with Crippen molar-refractivity contribution in [2.45, 2.75) is 6.16 Å². The van der Waals surface area contributed by atoms with Crippen molar-refractivity contribution in [3.63, 3.8) is 0 Å². The second-order valence-corrected chi connectivity index (χ2v) is 5.31. The molecule has 0 bridgehead atoms. The van der Waals surface area contributed by atoms with E-state index in [9.17, 15) is 0 Å². The summed E-state index contributed by atoms with van der Waals surface area (Å²) in [7, 11) is 0.823. The third kappa shape index (κ3) is 3.40. The fraction of sp³-hybridized carbons (Fsp3) is 0.0833. The number of hydrogen-bond acceptors (Lipinski definition) is 1. The van der Waals surface area contributed by atoms with Gasteiger partial charge in [0.1, 0.15) is 4.60 Å². The Morgan fingerprint density at radius 2 is 1.87 bits per heavy atom. The molecule has 2 rings (SSSR count). The van der Waals surface area contributed by atoms with Crippen LogP contribution >= 0.6 is 24.5 Å². The van der Waals surface area contributed by atoms with Crippen molar-refractivity contribution in [3.05, 3.63) is 58.8 Å². The van der Waals surface area contributed by atoms with Gasteiger partial charge in [-0.1, -0.05) is 45.0 Å². The molecule has 2 aromatic rings. The van der Waals surface area contributed by atoms with Crippen LogP contribution in [0.1, 0.15) is 5.56 Å². The predicted octanol–water partition coefficient (Wildman–Crippen LogP) is 3.35. The van der Waals surface area contributed by atoms with Crippen LogP contribution < -0.4 is 5.30 Å². The van der Waals surface area contributed by atoms with Gasteiger partial charge in [-0.15, -0.1) is 0 Å². The fourth-order valence-electron chi connectivity index (χ4n) is 1.27. The van der Waals surface area contributed by atoms with Crippen LogP contribution in [0.3, 0.4) is 0 Å².